The number of fused-ring (bicyclic) bond motifs is 1. The van der Waals surface area contributed by atoms with Crippen molar-refractivity contribution in [2.75, 3.05) is 0 Å². The summed E-state index contributed by atoms with van der Waals surface area (Å²) in [4.78, 5) is 38.4. The Morgan fingerprint density at radius 1 is 0.919 bits per heavy atom. The standard InChI is InChI=1S/C27H32O10/c1-15(28)34-19-12-25(4,31)27-11-18(24(2,3)37-27)10-20(35-22(29)16-6-8-32-13-16)26(27,5)21(19)36-23(30)17-7-9-33-14-17/h6-9,13-14,18-21,31H,10-12H2,1-5H3/t18-,19-,20+,21+,25+,26-,27+/m1/s1. The van der Waals surface area contributed by atoms with E-state index in [-0.39, 0.29) is 23.5 Å². The van der Waals surface area contributed by atoms with Crippen LogP contribution in [0.25, 0.3) is 0 Å². The summed E-state index contributed by atoms with van der Waals surface area (Å²) < 4.78 is 34.6. The van der Waals surface area contributed by atoms with E-state index < -0.39 is 58.4 Å². The average Bonchev–Trinajstić information content (AvgIpc) is 3.55. The van der Waals surface area contributed by atoms with Gasteiger partial charge in [-0.15, -0.1) is 0 Å². The Bertz CT molecular complexity index is 1180. The van der Waals surface area contributed by atoms with Crippen LogP contribution in [0.5, 0.6) is 0 Å². The van der Waals surface area contributed by atoms with Gasteiger partial charge < -0.3 is 32.9 Å². The Kier molecular flexibility index (Phi) is 5.84. The highest BCUT2D eigenvalue weighted by atomic mass is 16.6. The fourth-order valence-corrected chi connectivity index (χ4v) is 6.83. The van der Waals surface area contributed by atoms with Crippen LogP contribution in [-0.4, -0.2) is 58.1 Å². The molecule has 3 fully saturated rings. The first-order valence-corrected chi connectivity index (χ1v) is 12.4. The highest BCUT2D eigenvalue weighted by Gasteiger charge is 2.79. The summed E-state index contributed by atoms with van der Waals surface area (Å²) in [5.74, 6) is -1.99. The van der Waals surface area contributed by atoms with Crippen LogP contribution in [0.15, 0.2) is 46.0 Å². The minimum Gasteiger partial charge on any atom is -0.472 e. The lowest BCUT2D eigenvalue weighted by molar-refractivity contribution is -0.322. The van der Waals surface area contributed by atoms with Crippen molar-refractivity contribution in [3.05, 3.63) is 48.3 Å². The molecule has 2 aromatic rings. The SMILES string of the molecule is CC(=O)O[C@@H]1C[C@](C)(O)[C@@]23C[C@@H](C[C@H](OC(=O)c4ccoc4)[C@]2(C)[C@H]1OC(=O)c1ccoc1)C(C)(C)O3. The zero-order valence-corrected chi connectivity index (χ0v) is 21.5. The molecule has 5 rings (SSSR count). The summed E-state index contributed by atoms with van der Waals surface area (Å²) in [6.07, 6.45) is 3.03. The Labute approximate surface area is 214 Å². The van der Waals surface area contributed by atoms with E-state index in [1.807, 2.05) is 13.8 Å². The van der Waals surface area contributed by atoms with E-state index >= 15 is 0 Å². The maximum Gasteiger partial charge on any atom is 0.341 e. The van der Waals surface area contributed by atoms with Crippen LogP contribution in [-0.2, 0) is 23.7 Å². The fraction of sp³-hybridized carbons (Fsp3) is 0.593. The highest BCUT2D eigenvalue weighted by Crippen LogP contribution is 2.68. The van der Waals surface area contributed by atoms with Gasteiger partial charge in [-0.3, -0.25) is 4.79 Å². The van der Waals surface area contributed by atoms with Crippen LogP contribution < -0.4 is 0 Å². The Hall–Kier alpha value is -3.11. The minimum absolute atomic E-state index is 0.0449. The normalized spacial score (nSPS) is 37.9. The number of rotatable bonds is 5. The zero-order valence-electron chi connectivity index (χ0n) is 21.5. The molecule has 2 saturated carbocycles. The van der Waals surface area contributed by atoms with Gasteiger partial charge in [0.15, 0.2) is 6.10 Å². The smallest absolute Gasteiger partial charge is 0.341 e. The molecule has 0 radical (unpaired) electrons. The van der Waals surface area contributed by atoms with Gasteiger partial charge in [-0.25, -0.2) is 9.59 Å². The third kappa shape index (κ3) is 3.80. The minimum atomic E-state index is -1.52. The summed E-state index contributed by atoms with van der Waals surface area (Å²) in [7, 11) is 0. The molecule has 3 aliphatic rings. The van der Waals surface area contributed by atoms with Crippen LogP contribution in [0.3, 0.4) is 0 Å². The average molecular weight is 517 g/mol. The van der Waals surface area contributed by atoms with E-state index in [9.17, 15) is 19.5 Å². The molecular weight excluding hydrogens is 484 g/mol. The molecule has 2 bridgehead atoms. The number of hydrogen-bond acceptors (Lipinski definition) is 10. The van der Waals surface area contributed by atoms with Gasteiger partial charge in [-0.2, -0.15) is 0 Å². The molecule has 1 spiro atoms. The van der Waals surface area contributed by atoms with Gasteiger partial charge in [0.2, 0.25) is 0 Å². The van der Waals surface area contributed by atoms with Crippen LogP contribution in [0.1, 0.15) is 74.6 Å². The van der Waals surface area contributed by atoms with E-state index in [0.29, 0.717) is 12.8 Å². The molecule has 200 valence electrons. The van der Waals surface area contributed by atoms with E-state index in [1.165, 1.54) is 44.1 Å². The molecular formula is C27H32O10. The number of hydrogen-bond donors (Lipinski definition) is 1. The van der Waals surface area contributed by atoms with E-state index in [4.69, 9.17) is 27.8 Å². The number of aliphatic hydroxyl groups is 1. The van der Waals surface area contributed by atoms with Crippen molar-refractivity contribution < 1.29 is 47.3 Å². The Morgan fingerprint density at radius 3 is 2.05 bits per heavy atom. The van der Waals surface area contributed by atoms with Gasteiger partial charge in [-0.1, -0.05) is 0 Å². The molecule has 2 aromatic heterocycles. The summed E-state index contributed by atoms with van der Waals surface area (Å²) in [6, 6.07) is 2.95. The van der Waals surface area contributed by atoms with Gasteiger partial charge in [0.25, 0.3) is 0 Å². The predicted molar refractivity (Wildman–Crippen MR) is 125 cm³/mol. The van der Waals surface area contributed by atoms with Crippen LogP contribution in [0.2, 0.25) is 0 Å². The zero-order chi connectivity index (χ0) is 26.8. The van der Waals surface area contributed by atoms with E-state index in [0.717, 1.165) is 0 Å². The van der Waals surface area contributed by atoms with E-state index in [2.05, 4.69) is 0 Å². The Balaban J connectivity index is 1.64. The first kappa shape index (κ1) is 25.5. The second-order valence-electron chi connectivity index (χ2n) is 11.3. The number of esters is 3. The summed E-state index contributed by atoms with van der Waals surface area (Å²) >= 11 is 0. The van der Waals surface area contributed by atoms with Crippen molar-refractivity contribution in [1.29, 1.82) is 0 Å². The molecule has 1 aliphatic heterocycles. The Morgan fingerprint density at radius 2 is 1.51 bits per heavy atom. The van der Waals surface area contributed by atoms with Gasteiger partial charge in [-0.05, 0) is 58.6 Å². The van der Waals surface area contributed by atoms with Crippen LogP contribution in [0.4, 0.5) is 0 Å². The molecule has 0 amide bonds. The maximum atomic E-state index is 13.2. The maximum absolute atomic E-state index is 13.2. The van der Waals surface area contributed by atoms with Crippen molar-refractivity contribution in [1.82, 2.24) is 0 Å². The van der Waals surface area contributed by atoms with E-state index in [1.54, 1.807) is 13.8 Å². The molecule has 37 heavy (non-hydrogen) atoms. The number of furan rings is 2. The number of ether oxygens (including phenoxy) is 4. The highest BCUT2D eigenvalue weighted by molar-refractivity contribution is 5.89. The second-order valence-corrected chi connectivity index (χ2v) is 11.3. The van der Waals surface area contributed by atoms with Crippen molar-refractivity contribution in [2.45, 2.75) is 89.0 Å². The van der Waals surface area contributed by atoms with Crippen molar-refractivity contribution >= 4 is 17.9 Å². The van der Waals surface area contributed by atoms with Gasteiger partial charge in [0, 0.05) is 13.3 Å². The van der Waals surface area contributed by atoms with Crippen molar-refractivity contribution in [2.24, 2.45) is 11.3 Å². The molecule has 0 unspecified atom stereocenters. The lowest BCUT2D eigenvalue weighted by Gasteiger charge is -2.63. The summed E-state index contributed by atoms with van der Waals surface area (Å²) in [5.41, 5.74) is -4.39. The van der Waals surface area contributed by atoms with Crippen LogP contribution in [0, 0.1) is 11.3 Å². The number of carbonyl (C=O) groups excluding carboxylic acids is 3. The second kappa shape index (κ2) is 8.46. The molecule has 0 aromatic carbocycles. The quantitative estimate of drug-likeness (QED) is 0.463. The summed E-state index contributed by atoms with van der Waals surface area (Å²) in [6.45, 7) is 8.53. The lowest BCUT2D eigenvalue weighted by atomic mass is 9.48. The molecule has 10 nitrogen and oxygen atoms in total. The predicted octanol–water partition coefficient (Wildman–Crippen LogP) is 3.67. The number of carbonyl (C=O) groups is 3. The van der Waals surface area contributed by atoms with Gasteiger partial charge >= 0.3 is 17.9 Å². The molecule has 7 atom stereocenters. The fourth-order valence-electron chi connectivity index (χ4n) is 6.83. The monoisotopic (exact) mass is 516 g/mol. The molecule has 2 aliphatic carbocycles. The summed E-state index contributed by atoms with van der Waals surface area (Å²) in [5, 5.41) is 12.0. The lowest BCUT2D eigenvalue weighted by Crippen LogP contribution is -2.77. The third-order valence-electron chi connectivity index (χ3n) is 8.70. The first-order valence-electron chi connectivity index (χ1n) is 12.4. The van der Waals surface area contributed by atoms with Crippen molar-refractivity contribution in [3.63, 3.8) is 0 Å². The van der Waals surface area contributed by atoms with Crippen LogP contribution >= 0.6 is 0 Å². The van der Waals surface area contributed by atoms with Gasteiger partial charge in [0.1, 0.15) is 30.3 Å². The topological polar surface area (TPSA) is 135 Å². The third-order valence-corrected chi connectivity index (χ3v) is 8.70. The van der Waals surface area contributed by atoms with Crippen molar-refractivity contribution in [3.8, 4) is 0 Å². The first-order chi connectivity index (χ1) is 17.3. The molecule has 10 heteroatoms. The van der Waals surface area contributed by atoms with Gasteiger partial charge in [0.05, 0.1) is 40.3 Å². The molecule has 1 saturated heterocycles. The largest absolute Gasteiger partial charge is 0.472 e. The molecule has 1 N–H and O–H groups in total. The molecule has 3 heterocycles.